The SMILES string of the molecule is CNCCNC(=O)CN1C(=O)N(C)C2(CCCCC2)C1=O.Cl. The van der Waals surface area contributed by atoms with Gasteiger partial charge in [-0.25, -0.2) is 4.79 Å². The summed E-state index contributed by atoms with van der Waals surface area (Å²) in [4.78, 5) is 39.4. The molecule has 0 unspecified atom stereocenters. The second kappa shape index (κ2) is 7.78. The summed E-state index contributed by atoms with van der Waals surface area (Å²) >= 11 is 0. The molecule has 1 spiro atoms. The maximum Gasteiger partial charge on any atom is 0.327 e. The van der Waals surface area contributed by atoms with Crippen molar-refractivity contribution in [3.05, 3.63) is 0 Å². The smallest absolute Gasteiger partial charge is 0.327 e. The van der Waals surface area contributed by atoms with E-state index in [2.05, 4.69) is 10.6 Å². The fourth-order valence-electron chi connectivity index (χ4n) is 3.20. The summed E-state index contributed by atoms with van der Waals surface area (Å²) in [5, 5.41) is 5.61. The summed E-state index contributed by atoms with van der Waals surface area (Å²) in [7, 11) is 3.46. The molecule has 2 rings (SSSR count). The van der Waals surface area contributed by atoms with Crippen LogP contribution in [0.25, 0.3) is 0 Å². The van der Waals surface area contributed by atoms with E-state index in [9.17, 15) is 14.4 Å². The Kier molecular flexibility index (Phi) is 6.62. The molecule has 2 N–H and O–H groups in total. The molecule has 0 radical (unpaired) electrons. The van der Waals surface area contributed by atoms with Gasteiger partial charge in [0.05, 0.1) is 0 Å². The predicted molar refractivity (Wildman–Crippen MR) is 84.9 cm³/mol. The van der Waals surface area contributed by atoms with Crippen LogP contribution >= 0.6 is 12.4 Å². The third-order valence-electron chi connectivity index (χ3n) is 4.48. The van der Waals surface area contributed by atoms with E-state index in [-0.39, 0.29) is 36.8 Å². The van der Waals surface area contributed by atoms with Gasteiger partial charge in [-0.1, -0.05) is 19.3 Å². The van der Waals surface area contributed by atoms with Crippen LogP contribution in [-0.4, -0.2) is 66.9 Å². The number of nitrogens with zero attached hydrogens (tertiary/aromatic N) is 2. The minimum Gasteiger partial charge on any atom is -0.353 e. The van der Waals surface area contributed by atoms with Crippen LogP contribution in [0.5, 0.6) is 0 Å². The zero-order chi connectivity index (χ0) is 15.5. The molecular weight excluding hydrogens is 308 g/mol. The first kappa shape index (κ1) is 18.7. The van der Waals surface area contributed by atoms with Crippen molar-refractivity contribution in [2.24, 2.45) is 0 Å². The lowest BCUT2D eigenvalue weighted by atomic mass is 9.81. The zero-order valence-corrected chi connectivity index (χ0v) is 14.0. The molecule has 1 saturated carbocycles. The van der Waals surface area contributed by atoms with Crippen LogP contribution < -0.4 is 10.6 Å². The second-order valence-corrected chi connectivity index (χ2v) is 5.78. The number of amides is 4. The molecule has 0 aromatic rings. The predicted octanol–water partition coefficient (Wildman–Crippen LogP) is 0.341. The van der Waals surface area contributed by atoms with E-state index < -0.39 is 5.54 Å². The summed E-state index contributed by atoms with van der Waals surface area (Å²) in [5.74, 6) is -0.508. The number of hydrogen-bond acceptors (Lipinski definition) is 4. The standard InChI is InChI=1S/C14H24N4O3.ClH/c1-15-8-9-16-11(19)10-18-12(20)14(17(2)13(18)21)6-4-3-5-7-14;/h15H,3-10H2,1-2H3,(H,16,19);1H. The number of carbonyl (C=O) groups is 3. The van der Waals surface area contributed by atoms with Crippen LogP contribution in [0.1, 0.15) is 32.1 Å². The fourth-order valence-corrected chi connectivity index (χ4v) is 3.20. The van der Waals surface area contributed by atoms with Crippen LogP contribution in [-0.2, 0) is 9.59 Å². The highest BCUT2D eigenvalue weighted by molar-refractivity contribution is 6.08. The molecule has 8 heteroatoms. The van der Waals surface area contributed by atoms with Gasteiger partial charge in [-0.15, -0.1) is 12.4 Å². The Morgan fingerprint density at radius 3 is 2.41 bits per heavy atom. The Morgan fingerprint density at radius 2 is 1.82 bits per heavy atom. The highest BCUT2D eigenvalue weighted by Gasteiger charge is 2.55. The highest BCUT2D eigenvalue weighted by atomic mass is 35.5. The van der Waals surface area contributed by atoms with Crippen LogP contribution in [0.4, 0.5) is 4.79 Å². The van der Waals surface area contributed by atoms with Gasteiger partial charge in [0.25, 0.3) is 5.91 Å². The molecule has 0 atom stereocenters. The number of urea groups is 1. The minimum absolute atomic E-state index is 0. The molecule has 126 valence electrons. The van der Waals surface area contributed by atoms with Gasteiger partial charge in [0.2, 0.25) is 5.91 Å². The van der Waals surface area contributed by atoms with E-state index in [0.717, 1.165) is 24.2 Å². The third-order valence-corrected chi connectivity index (χ3v) is 4.48. The Hall–Kier alpha value is -1.34. The third kappa shape index (κ3) is 3.35. The van der Waals surface area contributed by atoms with E-state index in [1.807, 2.05) is 0 Å². The Labute approximate surface area is 137 Å². The molecule has 2 fully saturated rings. The van der Waals surface area contributed by atoms with Crippen LogP contribution in [0.15, 0.2) is 0 Å². The molecule has 1 saturated heterocycles. The number of nitrogens with one attached hydrogen (secondary N) is 2. The van der Waals surface area contributed by atoms with Gasteiger partial charge in [0.15, 0.2) is 0 Å². The Bertz CT molecular complexity index is 438. The van der Waals surface area contributed by atoms with Crippen molar-refractivity contribution in [1.82, 2.24) is 20.4 Å². The number of carbonyl (C=O) groups excluding carboxylic acids is 3. The second-order valence-electron chi connectivity index (χ2n) is 5.78. The van der Waals surface area contributed by atoms with E-state index >= 15 is 0 Å². The number of halogens is 1. The first-order valence-electron chi connectivity index (χ1n) is 7.54. The summed E-state index contributed by atoms with van der Waals surface area (Å²) in [6.45, 7) is 0.942. The average molecular weight is 333 g/mol. The summed E-state index contributed by atoms with van der Waals surface area (Å²) < 4.78 is 0. The molecule has 0 aromatic heterocycles. The maximum absolute atomic E-state index is 12.6. The average Bonchev–Trinajstić information content (AvgIpc) is 2.65. The van der Waals surface area contributed by atoms with Gasteiger partial charge < -0.3 is 15.5 Å². The van der Waals surface area contributed by atoms with Gasteiger partial charge in [0, 0.05) is 20.1 Å². The van der Waals surface area contributed by atoms with E-state index in [4.69, 9.17) is 0 Å². The molecule has 1 aliphatic heterocycles. The summed E-state index contributed by atoms with van der Waals surface area (Å²) in [6.07, 6.45) is 4.40. The first-order chi connectivity index (χ1) is 10.0. The van der Waals surface area contributed by atoms with E-state index in [1.165, 1.54) is 4.90 Å². The molecule has 0 aromatic carbocycles. The van der Waals surface area contributed by atoms with Crippen molar-refractivity contribution in [2.75, 3.05) is 33.7 Å². The van der Waals surface area contributed by atoms with Gasteiger partial charge in [-0.05, 0) is 19.9 Å². The number of likely N-dealkylation sites (N-methyl/N-ethyl adjacent to an activating group) is 2. The van der Waals surface area contributed by atoms with Crippen molar-refractivity contribution in [1.29, 1.82) is 0 Å². The normalized spacial score (nSPS) is 20.3. The zero-order valence-electron chi connectivity index (χ0n) is 13.2. The highest BCUT2D eigenvalue weighted by Crippen LogP contribution is 2.39. The van der Waals surface area contributed by atoms with Gasteiger partial charge in [0.1, 0.15) is 12.1 Å². The molecule has 0 bridgehead atoms. The minimum atomic E-state index is -0.708. The quantitative estimate of drug-likeness (QED) is 0.562. The summed E-state index contributed by atoms with van der Waals surface area (Å²) in [6, 6.07) is -0.356. The lowest BCUT2D eigenvalue weighted by Crippen LogP contribution is -2.49. The van der Waals surface area contributed by atoms with Crippen LogP contribution in [0.2, 0.25) is 0 Å². The lowest BCUT2D eigenvalue weighted by Gasteiger charge is -2.35. The van der Waals surface area contributed by atoms with E-state index in [0.29, 0.717) is 25.9 Å². The molecule has 2 aliphatic rings. The van der Waals surface area contributed by atoms with Crippen molar-refractivity contribution < 1.29 is 14.4 Å². The first-order valence-corrected chi connectivity index (χ1v) is 7.54. The number of hydrogen-bond donors (Lipinski definition) is 2. The van der Waals surface area contributed by atoms with Crippen LogP contribution in [0, 0.1) is 0 Å². The van der Waals surface area contributed by atoms with Crippen molar-refractivity contribution in [3.8, 4) is 0 Å². The number of imide groups is 1. The fraction of sp³-hybridized carbons (Fsp3) is 0.786. The Morgan fingerprint density at radius 1 is 1.18 bits per heavy atom. The maximum atomic E-state index is 12.6. The molecule has 4 amide bonds. The Balaban J connectivity index is 0.00000242. The summed E-state index contributed by atoms with van der Waals surface area (Å²) in [5.41, 5.74) is -0.708. The van der Waals surface area contributed by atoms with Crippen molar-refractivity contribution >= 4 is 30.3 Å². The molecular formula is C14H25ClN4O3. The molecule has 1 aliphatic carbocycles. The van der Waals surface area contributed by atoms with Gasteiger partial charge >= 0.3 is 6.03 Å². The van der Waals surface area contributed by atoms with Crippen molar-refractivity contribution in [2.45, 2.75) is 37.6 Å². The van der Waals surface area contributed by atoms with Gasteiger partial charge in [-0.2, -0.15) is 0 Å². The topological polar surface area (TPSA) is 81.8 Å². The molecule has 1 heterocycles. The van der Waals surface area contributed by atoms with E-state index in [1.54, 1.807) is 14.1 Å². The monoisotopic (exact) mass is 332 g/mol. The van der Waals surface area contributed by atoms with Gasteiger partial charge in [-0.3, -0.25) is 14.5 Å². The number of rotatable bonds is 5. The largest absolute Gasteiger partial charge is 0.353 e. The van der Waals surface area contributed by atoms with Crippen molar-refractivity contribution in [3.63, 3.8) is 0 Å². The molecule has 22 heavy (non-hydrogen) atoms. The lowest BCUT2D eigenvalue weighted by molar-refractivity contribution is -0.137. The van der Waals surface area contributed by atoms with Crippen LogP contribution in [0.3, 0.4) is 0 Å². The molecule has 7 nitrogen and oxygen atoms in total.